The zero-order chi connectivity index (χ0) is 20.5. The number of nitrogens with zero attached hydrogens (tertiary/aromatic N) is 1. The minimum absolute atomic E-state index is 0.0583. The van der Waals surface area contributed by atoms with Gasteiger partial charge in [0.1, 0.15) is 6.10 Å². The molecule has 0 aromatic rings. The summed E-state index contributed by atoms with van der Waals surface area (Å²) in [6, 6.07) is 0.336. The molecule has 5 saturated carbocycles. The molecule has 0 unspecified atom stereocenters. The zero-order valence-corrected chi connectivity index (χ0v) is 17.9. The Morgan fingerprint density at radius 3 is 2.76 bits per heavy atom. The molecule has 0 radical (unpaired) electrons. The molecular formula is C24H35NO4. The van der Waals surface area contributed by atoms with E-state index in [0.717, 1.165) is 50.8 Å². The Hall–Kier alpha value is -0.910. The highest BCUT2D eigenvalue weighted by molar-refractivity contribution is 5.66. The Morgan fingerprint density at radius 2 is 2.07 bits per heavy atom. The van der Waals surface area contributed by atoms with Crippen LogP contribution in [0, 0.1) is 39.9 Å². The predicted octanol–water partition coefficient (Wildman–Crippen LogP) is 2.36. The number of carbonyl (C=O) groups is 1. The number of rotatable bonds is 2. The molecular weight excluding hydrogens is 366 g/mol. The average molecular weight is 402 g/mol. The van der Waals surface area contributed by atoms with Crippen molar-refractivity contribution in [2.24, 2.45) is 39.9 Å². The molecule has 11 atom stereocenters. The van der Waals surface area contributed by atoms with E-state index >= 15 is 0 Å². The summed E-state index contributed by atoms with van der Waals surface area (Å²) in [7, 11) is 0. The van der Waals surface area contributed by atoms with Gasteiger partial charge in [-0.3, -0.25) is 9.69 Å². The molecule has 5 nitrogen and oxygen atoms in total. The summed E-state index contributed by atoms with van der Waals surface area (Å²) in [6.07, 6.45) is 3.63. The summed E-state index contributed by atoms with van der Waals surface area (Å²) in [5, 5.41) is 23.2. The third-order valence-corrected chi connectivity index (χ3v) is 10.8. The maximum absolute atomic E-state index is 11.9. The van der Waals surface area contributed by atoms with E-state index in [0.29, 0.717) is 17.9 Å². The smallest absolute Gasteiger partial charge is 0.302 e. The fourth-order valence-electron chi connectivity index (χ4n) is 10.3. The highest BCUT2D eigenvalue weighted by atomic mass is 16.5. The van der Waals surface area contributed by atoms with Gasteiger partial charge in [-0.05, 0) is 67.4 Å². The van der Waals surface area contributed by atoms with Gasteiger partial charge < -0.3 is 14.9 Å². The molecule has 160 valence electrons. The number of fused-ring (bicyclic) bond motifs is 1. The number of carbonyl (C=O) groups excluding carboxylic acids is 1. The van der Waals surface area contributed by atoms with Gasteiger partial charge >= 0.3 is 5.97 Å². The Kier molecular flexibility index (Phi) is 3.55. The monoisotopic (exact) mass is 401 g/mol. The molecule has 29 heavy (non-hydrogen) atoms. The standard InChI is InChI=1S/C24H35NO4/c1-5-25-11-22(4)7-6-19(27)24-17(22)8-15(20(24)25)23-10-14(12(2)21(23)28)16(9-18(23)24)29-13(3)26/h14-21,27-28H,2,5-11H2,1,3-4H3/t14-,15+,16+,17-,18-,19+,20-,21-,22+,23+,24+/m1/s1. The molecule has 0 aromatic carbocycles. The molecule has 6 aliphatic rings. The van der Waals surface area contributed by atoms with Gasteiger partial charge in [0.2, 0.25) is 0 Å². The fourth-order valence-corrected chi connectivity index (χ4v) is 10.3. The Balaban J connectivity index is 1.55. The number of likely N-dealkylation sites (tertiary alicyclic amines) is 1. The molecule has 1 saturated heterocycles. The number of esters is 1. The topological polar surface area (TPSA) is 70.0 Å². The van der Waals surface area contributed by atoms with E-state index in [-0.39, 0.29) is 46.3 Å². The molecule has 2 N–H and O–H groups in total. The number of ether oxygens (including phenoxy) is 1. The highest BCUT2D eigenvalue weighted by Gasteiger charge is 2.85. The molecule has 2 spiro atoms. The van der Waals surface area contributed by atoms with E-state index in [9.17, 15) is 15.0 Å². The summed E-state index contributed by atoms with van der Waals surface area (Å²) in [5.74, 6) is 0.914. The number of hydrogen-bond donors (Lipinski definition) is 2. The van der Waals surface area contributed by atoms with Crippen LogP contribution in [0.15, 0.2) is 12.2 Å². The van der Waals surface area contributed by atoms with Crippen LogP contribution in [0.3, 0.4) is 0 Å². The first kappa shape index (κ1) is 18.8. The van der Waals surface area contributed by atoms with Crippen molar-refractivity contribution in [2.75, 3.05) is 13.1 Å². The Bertz CT molecular complexity index is 798. The summed E-state index contributed by atoms with van der Waals surface area (Å²) in [4.78, 5) is 14.5. The molecule has 6 fully saturated rings. The maximum atomic E-state index is 11.9. The van der Waals surface area contributed by atoms with E-state index in [1.54, 1.807) is 0 Å². The molecule has 0 amide bonds. The van der Waals surface area contributed by atoms with Crippen molar-refractivity contribution in [3.05, 3.63) is 12.2 Å². The SMILES string of the molecule is C=C1[C@H]2C[C@@]3([C@@H]1O)[C@@H](C[C@@H]2OC(C)=O)[C@]12[C@@H]4C[C@H]3[C@H]1N(CC)C[C@]4(C)CC[C@@H]2O. The average Bonchev–Trinajstić information content (AvgIpc) is 3.19. The number of aliphatic hydroxyl groups is 2. The second-order valence-electron chi connectivity index (χ2n) is 11.4. The highest BCUT2D eigenvalue weighted by Crippen LogP contribution is 2.83. The van der Waals surface area contributed by atoms with Crippen molar-refractivity contribution >= 4 is 5.97 Å². The van der Waals surface area contributed by atoms with Gasteiger partial charge in [0, 0.05) is 36.3 Å². The van der Waals surface area contributed by atoms with E-state index in [2.05, 4.69) is 25.3 Å². The van der Waals surface area contributed by atoms with Gasteiger partial charge in [0.15, 0.2) is 0 Å². The van der Waals surface area contributed by atoms with Crippen molar-refractivity contribution in [3.8, 4) is 0 Å². The summed E-state index contributed by atoms with van der Waals surface area (Å²) < 4.78 is 5.82. The predicted molar refractivity (Wildman–Crippen MR) is 108 cm³/mol. The normalized spacial score (nSPS) is 59.7. The van der Waals surface area contributed by atoms with Crippen molar-refractivity contribution in [1.29, 1.82) is 0 Å². The third kappa shape index (κ3) is 1.81. The van der Waals surface area contributed by atoms with E-state index in [1.807, 2.05) is 0 Å². The van der Waals surface area contributed by atoms with Gasteiger partial charge in [0.05, 0.1) is 12.2 Å². The summed E-state index contributed by atoms with van der Waals surface area (Å²) in [5.41, 5.74) is 0.724. The number of piperidine rings is 1. The summed E-state index contributed by atoms with van der Waals surface area (Å²) >= 11 is 0. The molecule has 1 heterocycles. The zero-order valence-electron chi connectivity index (χ0n) is 17.9. The van der Waals surface area contributed by atoms with Gasteiger partial charge in [0.25, 0.3) is 0 Å². The lowest BCUT2D eigenvalue weighted by Gasteiger charge is -2.65. The molecule has 5 aliphatic carbocycles. The van der Waals surface area contributed by atoms with Crippen LogP contribution in [0.5, 0.6) is 0 Å². The first-order valence-electron chi connectivity index (χ1n) is 11.7. The lowest BCUT2D eigenvalue weighted by molar-refractivity contribution is -0.220. The van der Waals surface area contributed by atoms with Crippen LogP contribution >= 0.6 is 0 Å². The first-order valence-corrected chi connectivity index (χ1v) is 11.7. The van der Waals surface area contributed by atoms with Gasteiger partial charge in [-0.25, -0.2) is 0 Å². The van der Waals surface area contributed by atoms with Crippen LogP contribution in [-0.2, 0) is 9.53 Å². The molecule has 1 aliphatic heterocycles. The van der Waals surface area contributed by atoms with Crippen LogP contribution in [-0.4, -0.2) is 58.5 Å². The Morgan fingerprint density at radius 1 is 1.31 bits per heavy atom. The molecule has 5 heteroatoms. The number of hydrogen-bond acceptors (Lipinski definition) is 5. The van der Waals surface area contributed by atoms with Gasteiger partial charge in [-0.2, -0.15) is 0 Å². The summed E-state index contributed by atoms with van der Waals surface area (Å²) in [6.45, 7) is 12.6. The Labute approximate surface area is 173 Å². The quantitative estimate of drug-likeness (QED) is 0.549. The van der Waals surface area contributed by atoms with Crippen molar-refractivity contribution in [3.63, 3.8) is 0 Å². The van der Waals surface area contributed by atoms with Crippen molar-refractivity contribution < 1.29 is 19.7 Å². The lowest BCUT2D eigenvalue weighted by Crippen LogP contribution is -2.68. The van der Waals surface area contributed by atoms with Crippen LogP contribution in [0.1, 0.15) is 52.9 Å². The first-order chi connectivity index (χ1) is 13.7. The largest absolute Gasteiger partial charge is 0.462 e. The third-order valence-electron chi connectivity index (χ3n) is 10.8. The number of aliphatic hydroxyl groups excluding tert-OH is 2. The molecule has 7 bridgehead atoms. The van der Waals surface area contributed by atoms with Crippen LogP contribution < -0.4 is 0 Å². The lowest BCUT2D eigenvalue weighted by atomic mass is 9.43. The van der Waals surface area contributed by atoms with Gasteiger partial charge in [-0.15, -0.1) is 0 Å². The minimum atomic E-state index is -0.539. The van der Waals surface area contributed by atoms with Crippen LogP contribution in [0.2, 0.25) is 0 Å². The van der Waals surface area contributed by atoms with Crippen molar-refractivity contribution in [2.45, 2.75) is 77.2 Å². The fraction of sp³-hybridized carbons (Fsp3) is 0.875. The second-order valence-corrected chi connectivity index (χ2v) is 11.4. The molecule has 6 rings (SSSR count). The second kappa shape index (κ2) is 5.46. The van der Waals surface area contributed by atoms with Gasteiger partial charge in [-0.1, -0.05) is 20.4 Å². The van der Waals surface area contributed by atoms with E-state index in [1.165, 1.54) is 6.92 Å². The van der Waals surface area contributed by atoms with Crippen LogP contribution in [0.4, 0.5) is 0 Å². The minimum Gasteiger partial charge on any atom is -0.462 e. The molecule has 0 aromatic heterocycles. The van der Waals surface area contributed by atoms with E-state index < -0.39 is 6.10 Å². The van der Waals surface area contributed by atoms with E-state index in [4.69, 9.17) is 4.74 Å². The maximum Gasteiger partial charge on any atom is 0.302 e. The van der Waals surface area contributed by atoms with Crippen molar-refractivity contribution in [1.82, 2.24) is 4.90 Å². The van der Waals surface area contributed by atoms with Crippen LogP contribution in [0.25, 0.3) is 0 Å².